The number of benzene rings is 2. The predicted molar refractivity (Wildman–Crippen MR) is 74.3 cm³/mol. The van der Waals surface area contributed by atoms with Crippen LogP contribution < -0.4 is 5.73 Å². The molecule has 0 amide bonds. The molecule has 0 spiro atoms. The number of nitrogens with two attached hydrogens (primary N) is 1. The van der Waals surface area contributed by atoms with Crippen LogP contribution in [0.1, 0.15) is 12.5 Å². The lowest BCUT2D eigenvalue weighted by Crippen LogP contribution is -2.19. The van der Waals surface area contributed by atoms with Crippen LogP contribution in [0.5, 0.6) is 0 Å². The van der Waals surface area contributed by atoms with E-state index < -0.39 is 0 Å². The van der Waals surface area contributed by atoms with Crippen molar-refractivity contribution in [3.8, 4) is 0 Å². The van der Waals surface area contributed by atoms with Gasteiger partial charge in [-0.3, -0.25) is 0 Å². The molecule has 2 aromatic carbocycles. The normalized spacial score (nSPS) is 12.4. The van der Waals surface area contributed by atoms with E-state index in [0.29, 0.717) is 12.0 Å². The van der Waals surface area contributed by atoms with Crippen molar-refractivity contribution in [1.82, 2.24) is 0 Å². The summed E-state index contributed by atoms with van der Waals surface area (Å²) in [7, 11) is 0. The van der Waals surface area contributed by atoms with Crippen LogP contribution in [0.15, 0.2) is 52.3 Å². The Hall–Kier alpha value is -1.39. The third-order valence-corrected chi connectivity index (χ3v) is 3.72. The highest BCUT2D eigenvalue weighted by molar-refractivity contribution is 7.99. The Bertz CT molecular complexity index is 570. The van der Waals surface area contributed by atoms with E-state index in [9.17, 15) is 8.78 Å². The first kappa shape index (κ1) is 14.0. The Morgan fingerprint density at radius 1 is 1.16 bits per heavy atom. The summed E-state index contributed by atoms with van der Waals surface area (Å²) in [4.78, 5) is 1.53. The van der Waals surface area contributed by atoms with E-state index in [4.69, 9.17) is 5.73 Å². The second kappa shape index (κ2) is 6.17. The molecule has 4 heteroatoms. The largest absolute Gasteiger partial charge is 0.328 e. The molecule has 1 nitrogen and oxygen atoms in total. The van der Waals surface area contributed by atoms with E-state index in [2.05, 4.69) is 0 Å². The van der Waals surface area contributed by atoms with Crippen LogP contribution in [0.2, 0.25) is 0 Å². The molecule has 0 aliphatic rings. The summed E-state index contributed by atoms with van der Waals surface area (Å²) in [6, 6.07) is 11.1. The average molecular weight is 279 g/mol. The lowest BCUT2D eigenvalue weighted by atomic mass is 10.1. The molecule has 100 valence electrons. The summed E-state index contributed by atoms with van der Waals surface area (Å²) in [5.41, 5.74) is 6.33. The number of rotatable bonds is 4. The summed E-state index contributed by atoms with van der Waals surface area (Å²) in [6.07, 6.45) is 0.463. The van der Waals surface area contributed by atoms with Gasteiger partial charge in [-0.1, -0.05) is 23.9 Å². The first-order chi connectivity index (χ1) is 9.06. The first-order valence-electron chi connectivity index (χ1n) is 6.02. The molecule has 0 saturated heterocycles. The van der Waals surface area contributed by atoms with Crippen LogP contribution in [0, 0.1) is 11.6 Å². The van der Waals surface area contributed by atoms with Crippen LogP contribution in [-0.2, 0) is 6.42 Å². The van der Waals surface area contributed by atoms with Gasteiger partial charge < -0.3 is 5.73 Å². The minimum atomic E-state index is -0.296. The Morgan fingerprint density at radius 2 is 1.89 bits per heavy atom. The van der Waals surface area contributed by atoms with Crippen LogP contribution in [0.4, 0.5) is 8.78 Å². The van der Waals surface area contributed by atoms with E-state index in [1.807, 2.05) is 13.0 Å². The maximum Gasteiger partial charge on any atom is 0.127 e. The average Bonchev–Trinajstić information content (AvgIpc) is 2.33. The second-order valence-corrected chi connectivity index (χ2v) is 5.57. The second-order valence-electron chi connectivity index (χ2n) is 4.46. The molecule has 1 atom stereocenters. The molecule has 0 radical (unpaired) electrons. The Labute approximate surface area is 115 Å². The van der Waals surface area contributed by atoms with Crippen molar-refractivity contribution in [3.63, 3.8) is 0 Å². The Kier molecular flexibility index (Phi) is 4.56. The molecule has 0 heterocycles. The Morgan fingerprint density at radius 3 is 2.58 bits per heavy atom. The summed E-state index contributed by atoms with van der Waals surface area (Å²) in [5.74, 6) is -0.561. The molecule has 2 N–H and O–H groups in total. The molecule has 1 unspecified atom stereocenters. The van der Waals surface area contributed by atoms with Crippen molar-refractivity contribution in [2.45, 2.75) is 29.2 Å². The van der Waals surface area contributed by atoms with Crippen molar-refractivity contribution >= 4 is 11.8 Å². The SMILES string of the molecule is CC(N)Cc1c(F)cccc1Sc1cccc(F)c1. The molecule has 0 aliphatic heterocycles. The fourth-order valence-electron chi connectivity index (χ4n) is 1.81. The fourth-order valence-corrected chi connectivity index (χ4v) is 2.83. The van der Waals surface area contributed by atoms with E-state index in [0.717, 1.165) is 9.79 Å². The minimum Gasteiger partial charge on any atom is -0.328 e. The highest BCUT2D eigenvalue weighted by Crippen LogP contribution is 2.32. The number of halogens is 2. The third kappa shape index (κ3) is 3.78. The molecule has 0 fully saturated rings. The van der Waals surface area contributed by atoms with E-state index in [1.54, 1.807) is 18.2 Å². The summed E-state index contributed by atoms with van der Waals surface area (Å²) in [5, 5.41) is 0. The zero-order chi connectivity index (χ0) is 13.8. The first-order valence-corrected chi connectivity index (χ1v) is 6.84. The van der Waals surface area contributed by atoms with Gasteiger partial charge in [-0.15, -0.1) is 0 Å². The van der Waals surface area contributed by atoms with Crippen LogP contribution in [0.3, 0.4) is 0 Å². The molecule has 0 aromatic heterocycles. The molecule has 2 rings (SSSR count). The van der Waals surface area contributed by atoms with Gasteiger partial charge in [0.25, 0.3) is 0 Å². The maximum absolute atomic E-state index is 13.8. The lowest BCUT2D eigenvalue weighted by Gasteiger charge is -2.12. The molecular formula is C15H15F2NS. The van der Waals surface area contributed by atoms with Gasteiger partial charge in [-0.05, 0) is 43.7 Å². The predicted octanol–water partition coefficient (Wildman–Crippen LogP) is 4.01. The van der Waals surface area contributed by atoms with Gasteiger partial charge in [-0.25, -0.2) is 8.78 Å². The quantitative estimate of drug-likeness (QED) is 0.915. The fraction of sp³-hybridized carbons (Fsp3) is 0.200. The van der Waals surface area contributed by atoms with Crippen molar-refractivity contribution in [2.24, 2.45) is 5.73 Å². The zero-order valence-electron chi connectivity index (χ0n) is 10.6. The van der Waals surface area contributed by atoms with Crippen molar-refractivity contribution in [1.29, 1.82) is 0 Å². The van der Waals surface area contributed by atoms with Crippen LogP contribution in [-0.4, -0.2) is 6.04 Å². The zero-order valence-corrected chi connectivity index (χ0v) is 11.4. The highest BCUT2D eigenvalue weighted by atomic mass is 32.2. The van der Waals surface area contributed by atoms with E-state index in [1.165, 1.54) is 30.0 Å². The molecule has 0 aliphatic carbocycles. The molecule has 2 aromatic rings. The standard InChI is InChI=1S/C15H15F2NS/c1-10(18)8-13-14(17)6-3-7-15(13)19-12-5-2-4-11(16)9-12/h2-7,9-10H,8,18H2,1H3. The maximum atomic E-state index is 13.8. The highest BCUT2D eigenvalue weighted by Gasteiger charge is 2.11. The van der Waals surface area contributed by atoms with Crippen LogP contribution >= 0.6 is 11.8 Å². The number of hydrogen-bond donors (Lipinski definition) is 1. The van der Waals surface area contributed by atoms with Gasteiger partial charge in [-0.2, -0.15) is 0 Å². The minimum absolute atomic E-state index is 0.122. The van der Waals surface area contributed by atoms with Gasteiger partial charge in [0.1, 0.15) is 11.6 Å². The summed E-state index contributed by atoms with van der Waals surface area (Å²) >= 11 is 1.35. The van der Waals surface area contributed by atoms with E-state index >= 15 is 0 Å². The van der Waals surface area contributed by atoms with Crippen LogP contribution in [0.25, 0.3) is 0 Å². The summed E-state index contributed by atoms with van der Waals surface area (Å²) < 4.78 is 27.0. The third-order valence-electron chi connectivity index (χ3n) is 2.63. The number of hydrogen-bond acceptors (Lipinski definition) is 2. The molecule has 0 bridgehead atoms. The van der Waals surface area contributed by atoms with E-state index in [-0.39, 0.29) is 17.7 Å². The monoisotopic (exact) mass is 279 g/mol. The molecule has 0 saturated carbocycles. The van der Waals surface area contributed by atoms with Gasteiger partial charge in [0.15, 0.2) is 0 Å². The van der Waals surface area contributed by atoms with Gasteiger partial charge in [0.2, 0.25) is 0 Å². The van der Waals surface area contributed by atoms with Gasteiger partial charge in [0.05, 0.1) is 0 Å². The van der Waals surface area contributed by atoms with Gasteiger partial charge in [0, 0.05) is 21.4 Å². The lowest BCUT2D eigenvalue weighted by molar-refractivity contribution is 0.588. The van der Waals surface area contributed by atoms with Crippen molar-refractivity contribution in [2.75, 3.05) is 0 Å². The Balaban J connectivity index is 2.31. The smallest absolute Gasteiger partial charge is 0.127 e. The molecular weight excluding hydrogens is 264 g/mol. The van der Waals surface area contributed by atoms with Gasteiger partial charge >= 0.3 is 0 Å². The van der Waals surface area contributed by atoms with Crippen molar-refractivity contribution in [3.05, 3.63) is 59.7 Å². The summed E-state index contributed by atoms with van der Waals surface area (Å²) in [6.45, 7) is 1.84. The topological polar surface area (TPSA) is 26.0 Å². The molecule has 19 heavy (non-hydrogen) atoms. The van der Waals surface area contributed by atoms with Crippen molar-refractivity contribution < 1.29 is 8.78 Å².